The summed E-state index contributed by atoms with van der Waals surface area (Å²) in [5, 5.41) is 9.94. The van der Waals surface area contributed by atoms with Gasteiger partial charge in [-0.05, 0) is 18.9 Å². The van der Waals surface area contributed by atoms with Gasteiger partial charge in [0.05, 0.1) is 6.10 Å². The minimum Gasteiger partial charge on any atom is -0.388 e. The number of halogens is 1. The van der Waals surface area contributed by atoms with E-state index >= 15 is 0 Å². The van der Waals surface area contributed by atoms with Gasteiger partial charge in [-0.25, -0.2) is 0 Å². The molecule has 1 atom stereocenters. The smallest absolute Gasteiger partial charge is 0.135 e. The lowest BCUT2D eigenvalue weighted by atomic mass is 10.0. The molecule has 0 heterocycles. The van der Waals surface area contributed by atoms with Crippen molar-refractivity contribution in [3.05, 3.63) is 36.4 Å². The zero-order valence-corrected chi connectivity index (χ0v) is 10.9. The van der Waals surface area contributed by atoms with Gasteiger partial charge in [0.1, 0.15) is 5.78 Å². The van der Waals surface area contributed by atoms with E-state index in [0.717, 1.165) is 6.42 Å². The van der Waals surface area contributed by atoms with Crippen molar-refractivity contribution in [2.24, 2.45) is 0 Å². The van der Waals surface area contributed by atoms with Crippen LogP contribution in [0.2, 0.25) is 0 Å². The van der Waals surface area contributed by atoms with E-state index in [1.807, 2.05) is 6.92 Å². The van der Waals surface area contributed by atoms with Crippen LogP contribution in [0.3, 0.4) is 0 Å². The highest BCUT2D eigenvalue weighted by Gasteiger charge is 2.15. The average molecular weight is 245 g/mol. The average Bonchev–Trinajstić information content (AvgIpc) is 2.21. The topological polar surface area (TPSA) is 37.3 Å². The Morgan fingerprint density at radius 3 is 2.31 bits per heavy atom. The van der Waals surface area contributed by atoms with Crippen LogP contribution < -0.4 is 0 Å². The predicted molar refractivity (Wildman–Crippen MR) is 70.5 cm³/mol. The van der Waals surface area contributed by atoms with Gasteiger partial charge in [0.15, 0.2) is 0 Å². The van der Waals surface area contributed by atoms with Gasteiger partial charge in [0.2, 0.25) is 0 Å². The van der Waals surface area contributed by atoms with Gasteiger partial charge in [0.25, 0.3) is 0 Å². The molecule has 0 aliphatic rings. The monoisotopic (exact) mass is 244 g/mol. The first kappa shape index (κ1) is 17.5. The van der Waals surface area contributed by atoms with Crippen molar-refractivity contribution in [1.82, 2.24) is 0 Å². The van der Waals surface area contributed by atoms with E-state index in [0.29, 0.717) is 17.0 Å². The molecule has 1 unspecified atom stereocenters. The molecular formula is C13H21ClO2. The molecule has 0 bridgehead atoms. The summed E-state index contributed by atoms with van der Waals surface area (Å²) < 4.78 is 0. The Kier molecular flexibility index (Phi) is 11.7. The van der Waals surface area contributed by atoms with Crippen LogP contribution in [0.4, 0.5) is 0 Å². The maximum Gasteiger partial charge on any atom is 0.135 e. The van der Waals surface area contributed by atoms with Gasteiger partial charge in [-0.3, -0.25) is 4.79 Å². The number of ketones is 1. The first-order chi connectivity index (χ1) is 7.52. The van der Waals surface area contributed by atoms with Crippen molar-refractivity contribution in [2.45, 2.75) is 39.2 Å². The van der Waals surface area contributed by atoms with Gasteiger partial charge in [-0.1, -0.05) is 31.2 Å². The van der Waals surface area contributed by atoms with Crippen molar-refractivity contribution in [2.75, 3.05) is 0 Å². The summed E-state index contributed by atoms with van der Waals surface area (Å²) in [7, 11) is 0. The summed E-state index contributed by atoms with van der Waals surface area (Å²) in [4.78, 5) is 11.2. The molecule has 0 fully saturated rings. The van der Waals surface area contributed by atoms with E-state index < -0.39 is 6.10 Å². The maximum atomic E-state index is 11.2. The van der Waals surface area contributed by atoms with Crippen LogP contribution in [0.25, 0.3) is 0 Å². The second-order valence-corrected chi connectivity index (χ2v) is 3.61. The highest BCUT2D eigenvalue weighted by molar-refractivity contribution is 6.31. The Morgan fingerprint density at radius 2 is 2.00 bits per heavy atom. The Balaban J connectivity index is 0. The highest BCUT2D eigenvalue weighted by atomic mass is 35.5. The van der Waals surface area contributed by atoms with Crippen molar-refractivity contribution in [3.8, 4) is 0 Å². The summed E-state index contributed by atoms with van der Waals surface area (Å²) in [5.74, 6) is 0.0530. The molecule has 16 heavy (non-hydrogen) atoms. The summed E-state index contributed by atoms with van der Waals surface area (Å²) in [6, 6.07) is 0. The molecule has 0 saturated heterocycles. The summed E-state index contributed by atoms with van der Waals surface area (Å²) in [6.07, 6.45) is 2.30. The van der Waals surface area contributed by atoms with Crippen LogP contribution in [0, 0.1) is 0 Å². The Hall–Kier alpha value is -0.860. The molecule has 0 spiro atoms. The summed E-state index contributed by atoms with van der Waals surface area (Å²) in [6.45, 7) is 13.2. The quantitative estimate of drug-likeness (QED) is 0.573. The minimum absolute atomic E-state index is 0.0530. The van der Waals surface area contributed by atoms with Crippen LogP contribution >= 0.6 is 11.6 Å². The lowest BCUT2D eigenvalue weighted by Crippen LogP contribution is -2.16. The molecule has 3 heteroatoms. The zero-order valence-electron chi connectivity index (χ0n) is 10.1. The molecule has 0 amide bonds. The Morgan fingerprint density at radius 1 is 1.50 bits per heavy atom. The lowest BCUT2D eigenvalue weighted by molar-refractivity contribution is -0.120. The van der Waals surface area contributed by atoms with Gasteiger partial charge in [0, 0.05) is 17.9 Å². The number of rotatable bonds is 6. The molecule has 0 aromatic heterocycles. The van der Waals surface area contributed by atoms with Gasteiger partial charge < -0.3 is 5.11 Å². The molecule has 1 N–H and O–H groups in total. The summed E-state index contributed by atoms with van der Waals surface area (Å²) >= 11 is 5.67. The molecular weight excluding hydrogens is 224 g/mol. The SMILES string of the molecule is C=C.C=C(Cl)/C(=C\C)C(O)CC(=O)CCC. The molecule has 0 aromatic rings. The second kappa shape index (κ2) is 10.7. The zero-order chi connectivity index (χ0) is 13.1. The van der Waals surface area contributed by atoms with E-state index in [1.165, 1.54) is 0 Å². The van der Waals surface area contributed by atoms with E-state index in [1.54, 1.807) is 13.0 Å². The molecule has 0 aliphatic heterocycles. The normalized spacial score (nSPS) is 12.4. The largest absolute Gasteiger partial charge is 0.388 e. The van der Waals surface area contributed by atoms with Crippen LogP contribution in [0.5, 0.6) is 0 Å². The molecule has 92 valence electrons. The predicted octanol–water partition coefficient (Wildman–Crippen LogP) is 3.61. The van der Waals surface area contributed by atoms with E-state index in [-0.39, 0.29) is 12.2 Å². The number of aliphatic hydroxyl groups excluding tert-OH is 1. The fourth-order valence-electron chi connectivity index (χ4n) is 1.24. The van der Waals surface area contributed by atoms with Gasteiger partial charge in [-0.15, -0.1) is 13.2 Å². The number of Topliss-reactive ketones (excluding diaryl/α,β-unsaturated/α-hetero) is 1. The standard InChI is InChI=1S/C11H17ClO2.C2H4/c1-4-6-9(13)7-11(14)10(5-2)8(3)12;1-2/h5,11,14H,3-4,6-7H2,1-2H3;1-2H2/b10-5+;. The number of hydrogen-bond donors (Lipinski definition) is 1. The fourth-order valence-corrected chi connectivity index (χ4v) is 1.47. The van der Waals surface area contributed by atoms with Crippen molar-refractivity contribution >= 4 is 17.4 Å². The lowest BCUT2D eigenvalue weighted by Gasteiger charge is -2.12. The summed E-state index contributed by atoms with van der Waals surface area (Å²) in [5.41, 5.74) is 0.538. The molecule has 0 aromatic carbocycles. The first-order valence-electron chi connectivity index (χ1n) is 5.23. The van der Waals surface area contributed by atoms with Crippen LogP contribution in [0.1, 0.15) is 33.1 Å². The third kappa shape index (κ3) is 7.43. The number of aliphatic hydroxyl groups is 1. The number of carbonyl (C=O) groups excluding carboxylic acids is 1. The fraction of sp³-hybridized carbons (Fsp3) is 0.462. The number of hydrogen-bond acceptors (Lipinski definition) is 2. The highest BCUT2D eigenvalue weighted by Crippen LogP contribution is 2.19. The van der Waals surface area contributed by atoms with Gasteiger partial charge in [-0.2, -0.15) is 0 Å². The maximum absolute atomic E-state index is 11.2. The van der Waals surface area contributed by atoms with Crippen LogP contribution in [-0.4, -0.2) is 17.0 Å². The Labute approximate surface area is 103 Å². The minimum atomic E-state index is -0.816. The first-order valence-corrected chi connectivity index (χ1v) is 5.61. The molecule has 0 aliphatic carbocycles. The van der Waals surface area contributed by atoms with E-state index in [4.69, 9.17) is 11.6 Å². The van der Waals surface area contributed by atoms with Crippen LogP contribution in [0.15, 0.2) is 36.4 Å². The van der Waals surface area contributed by atoms with E-state index in [2.05, 4.69) is 19.7 Å². The third-order valence-corrected chi connectivity index (χ3v) is 2.15. The number of allylic oxidation sites excluding steroid dienone is 1. The molecule has 2 nitrogen and oxygen atoms in total. The van der Waals surface area contributed by atoms with Crippen molar-refractivity contribution < 1.29 is 9.90 Å². The molecule has 0 radical (unpaired) electrons. The Bertz CT molecular complexity index is 257. The molecule has 0 rings (SSSR count). The molecule has 0 saturated carbocycles. The second-order valence-electron chi connectivity index (χ2n) is 3.16. The third-order valence-electron chi connectivity index (χ3n) is 1.93. The van der Waals surface area contributed by atoms with E-state index in [9.17, 15) is 9.90 Å². The van der Waals surface area contributed by atoms with Crippen LogP contribution in [-0.2, 0) is 4.79 Å². The van der Waals surface area contributed by atoms with Crippen molar-refractivity contribution in [3.63, 3.8) is 0 Å². The van der Waals surface area contributed by atoms with Crippen molar-refractivity contribution in [1.29, 1.82) is 0 Å². The van der Waals surface area contributed by atoms with Gasteiger partial charge >= 0.3 is 0 Å². The number of carbonyl (C=O) groups is 1.